The zero-order valence-electron chi connectivity index (χ0n) is 11.7. The number of ether oxygens (including phenoxy) is 1. The van der Waals surface area contributed by atoms with Crippen LogP contribution >= 0.6 is 0 Å². The standard InChI is InChI=1S/C14H22N4O/c1-10-7-11(2)17-14(16-10)18-5-6-19-9-13(18)8-15-12-3-4-12/h7,12-13,15H,3-6,8-9H2,1-2H3. The molecule has 1 unspecified atom stereocenters. The van der Waals surface area contributed by atoms with Crippen molar-refractivity contribution in [2.45, 2.75) is 38.8 Å². The number of nitrogens with one attached hydrogen (secondary N) is 1. The molecule has 5 heteroatoms. The highest BCUT2D eigenvalue weighted by atomic mass is 16.5. The molecule has 2 heterocycles. The quantitative estimate of drug-likeness (QED) is 0.879. The van der Waals surface area contributed by atoms with Gasteiger partial charge in [0.15, 0.2) is 0 Å². The van der Waals surface area contributed by atoms with Gasteiger partial charge in [0.2, 0.25) is 5.95 Å². The van der Waals surface area contributed by atoms with E-state index < -0.39 is 0 Å². The number of aromatic nitrogens is 2. The number of hydrogen-bond donors (Lipinski definition) is 1. The molecule has 1 saturated heterocycles. The van der Waals surface area contributed by atoms with Crippen molar-refractivity contribution in [2.24, 2.45) is 0 Å². The molecule has 3 rings (SSSR count). The van der Waals surface area contributed by atoms with Gasteiger partial charge >= 0.3 is 0 Å². The van der Waals surface area contributed by atoms with E-state index in [1.807, 2.05) is 19.9 Å². The smallest absolute Gasteiger partial charge is 0.226 e. The van der Waals surface area contributed by atoms with E-state index in [1.165, 1.54) is 12.8 Å². The number of hydrogen-bond acceptors (Lipinski definition) is 5. The summed E-state index contributed by atoms with van der Waals surface area (Å²) in [6.45, 7) is 7.40. The first-order valence-electron chi connectivity index (χ1n) is 7.12. The lowest BCUT2D eigenvalue weighted by atomic mass is 10.2. The Labute approximate surface area is 114 Å². The largest absolute Gasteiger partial charge is 0.377 e. The fourth-order valence-corrected chi connectivity index (χ4v) is 2.51. The SMILES string of the molecule is Cc1cc(C)nc(N2CCOCC2CNC2CC2)n1. The molecule has 1 saturated carbocycles. The van der Waals surface area contributed by atoms with Gasteiger partial charge in [0.25, 0.3) is 0 Å². The van der Waals surface area contributed by atoms with Crippen molar-refractivity contribution in [3.63, 3.8) is 0 Å². The summed E-state index contributed by atoms with van der Waals surface area (Å²) in [5.41, 5.74) is 2.06. The summed E-state index contributed by atoms with van der Waals surface area (Å²) in [4.78, 5) is 11.5. The van der Waals surface area contributed by atoms with Crippen molar-refractivity contribution in [1.29, 1.82) is 0 Å². The van der Waals surface area contributed by atoms with Crippen molar-refractivity contribution < 1.29 is 4.74 Å². The monoisotopic (exact) mass is 262 g/mol. The predicted molar refractivity (Wildman–Crippen MR) is 74.5 cm³/mol. The third-order valence-corrected chi connectivity index (χ3v) is 3.67. The molecule has 1 atom stereocenters. The topological polar surface area (TPSA) is 50.3 Å². The average molecular weight is 262 g/mol. The zero-order chi connectivity index (χ0) is 13.2. The molecule has 0 bridgehead atoms. The van der Waals surface area contributed by atoms with Crippen LogP contribution in [-0.2, 0) is 4.74 Å². The zero-order valence-corrected chi connectivity index (χ0v) is 11.7. The highest BCUT2D eigenvalue weighted by molar-refractivity contribution is 5.34. The Kier molecular flexibility index (Phi) is 3.66. The summed E-state index contributed by atoms with van der Waals surface area (Å²) in [5.74, 6) is 0.850. The molecule has 19 heavy (non-hydrogen) atoms. The fraction of sp³-hybridized carbons (Fsp3) is 0.714. The fourth-order valence-electron chi connectivity index (χ4n) is 2.51. The van der Waals surface area contributed by atoms with Gasteiger partial charge in [0, 0.05) is 30.5 Å². The van der Waals surface area contributed by atoms with Gasteiger partial charge < -0.3 is 15.0 Å². The van der Waals surface area contributed by atoms with Gasteiger partial charge in [-0.2, -0.15) is 0 Å². The Bertz CT molecular complexity index is 427. The van der Waals surface area contributed by atoms with E-state index in [0.29, 0.717) is 6.04 Å². The molecule has 5 nitrogen and oxygen atoms in total. The average Bonchev–Trinajstić information content (AvgIpc) is 3.19. The van der Waals surface area contributed by atoms with E-state index in [0.717, 1.165) is 49.7 Å². The van der Waals surface area contributed by atoms with Crippen LogP contribution in [0.4, 0.5) is 5.95 Å². The lowest BCUT2D eigenvalue weighted by molar-refractivity contribution is 0.0927. The van der Waals surface area contributed by atoms with Crippen LogP contribution in [0.15, 0.2) is 6.07 Å². The molecular weight excluding hydrogens is 240 g/mol. The third kappa shape index (κ3) is 3.22. The van der Waals surface area contributed by atoms with Crippen LogP contribution in [0.2, 0.25) is 0 Å². The second-order valence-corrected chi connectivity index (χ2v) is 5.56. The van der Waals surface area contributed by atoms with Crippen LogP contribution < -0.4 is 10.2 Å². The maximum absolute atomic E-state index is 5.61. The Morgan fingerprint density at radius 2 is 2.05 bits per heavy atom. The summed E-state index contributed by atoms with van der Waals surface area (Å²) in [6, 6.07) is 3.08. The van der Waals surface area contributed by atoms with Crippen LogP contribution in [0.25, 0.3) is 0 Å². The van der Waals surface area contributed by atoms with Crippen molar-refractivity contribution in [3.05, 3.63) is 17.5 Å². The third-order valence-electron chi connectivity index (χ3n) is 3.67. The second-order valence-electron chi connectivity index (χ2n) is 5.56. The molecule has 1 aromatic rings. The molecule has 1 aliphatic heterocycles. The number of rotatable bonds is 4. The summed E-state index contributed by atoms with van der Waals surface area (Å²) < 4.78 is 5.61. The maximum Gasteiger partial charge on any atom is 0.226 e. The minimum absolute atomic E-state index is 0.343. The second kappa shape index (κ2) is 5.43. The molecule has 1 aromatic heterocycles. The number of morpholine rings is 1. The summed E-state index contributed by atoms with van der Waals surface area (Å²) in [6.07, 6.45) is 2.63. The molecule has 2 fully saturated rings. The summed E-state index contributed by atoms with van der Waals surface area (Å²) >= 11 is 0. The Balaban J connectivity index is 1.73. The molecule has 1 N–H and O–H groups in total. The van der Waals surface area contributed by atoms with Gasteiger partial charge in [0.1, 0.15) is 0 Å². The van der Waals surface area contributed by atoms with E-state index in [2.05, 4.69) is 20.2 Å². The minimum atomic E-state index is 0.343. The van der Waals surface area contributed by atoms with Crippen LogP contribution in [-0.4, -0.2) is 48.4 Å². The molecule has 104 valence electrons. The molecular formula is C14H22N4O. The normalized spacial score (nSPS) is 23.7. The van der Waals surface area contributed by atoms with Gasteiger partial charge in [-0.15, -0.1) is 0 Å². The Morgan fingerprint density at radius 3 is 2.74 bits per heavy atom. The van der Waals surface area contributed by atoms with Gasteiger partial charge in [-0.05, 0) is 32.8 Å². The summed E-state index contributed by atoms with van der Waals surface area (Å²) in [7, 11) is 0. The van der Waals surface area contributed by atoms with E-state index >= 15 is 0 Å². The summed E-state index contributed by atoms with van der Waals surface area (Å²) in [5, 5.41) is 3.58. The van der Waals surface area contributed by atoms with E-state index in [4.69, 9.17) is 4.74 Å². The van der Waals surface area contributed by atoms with Crippen LogP contribution in [0, 0.1) is 13.8 Å². The van der Waals surface area contributed by atoms with Crippen molar-refractivity contribution in [2.75, 3.05) is 31.2 Å². The molecule has 0 radical (unpaired) electrons. The lowest BCUT2D eigenvalue weighted by Crippen LogP contribution is -2.51. The number of aryl methyl sites for hydroxylation is 2. The molecule has 2 aliphatic rings. The van der Waals surface area contributed by atoms with Crippen molar-refractivity contribution >= 4 is 5.95 Å². The van der Waals surface area contributed by atoms with Crippen molar-refractivity contribution in [1.82, 2.24) is 15.3 Å². The highest BCUT2D eigenvalue weighted by Gasteiger charge is 2.28. The van der Waals surface area contributed by atoms with Gasteiger partial charge in [-0.25, -0.2) is 9.97 Å². The number of anilines is 1. The van der Waals surface area contributed by atoms with E-state index in [-0.39, 0.29) is 0 Å². The Morgan fingerprint density at radius 1 is 1.32 bits per heavy atom. The first-order valence-corrected chi connectivity index (χ1v) is 7.12. The van der Waals surface area contributed by atoms with Crippen molar-refractivity contribution in [3.8, 4) is 0 Å². The van der Waals surface area contributed by atoms with Crippen LogP contribution in [0.5, 0.6) is 0 Å². The highest BCUT2D eigenvalue weighted by Crippen LogP contribution is 2.20. The lowest BCUT2D eigenvalue weighted by Gasteiger charge is -2.36. The van der Waals surface area contributed by atoms with E-state index in [1.54, 1.807) is 0 Å². The van der Waals surface area contributed by atoms with Gasteiger partial charge in [-0.1, -0.05) is 0 Å². The number of nitrogens with zero attached hydrogens (tertiary/aromatic N) is 3. The molecule has 0 aromatic carbocycles. The Hall–Kier alpha value is -1.20. The predicted octanol–water partition coefficient (Wildman–Crippen LogP) is 1.05. The molecule has 0 amide bonds. The molecule has 0 spiro atoms. The van der Waals surface area contributed by atoms with Gasteiger partial charge in [0.05, 0.1) is 19.3 Å². The molecule has 1 aliphatic carbocycles. The van der Waals surface area contributed by atoms with Gasteiger partial charge in [-0.3, -0.25) is 0 Å². The van der Waals surface area contributed by atoms with E-state index in [9.17, 15) is 0 Å². The maximum atomic E-state index is 5.61. The first-order chi connectivity index (χ1) is 9.22. The minimum Gasteiger partial charge on any atom is -0.377 e. The van der Waals surface area contributed by atoms with Crippen LogP contribution in [0.1, 0.15) is 24.2 Å². The first kappa shape index (κ1) is 12.8. The van der Waals surface area contributed by atoms with Crippen LogP contribution in [0.3, 0.4) is 0 Å².